The van der Waals surface area contributed by atoms with E-state index >= 15 is 0 Å². The molecular formula is C19H24N4O3. The largest absolute Gasteiger partial charge is 0.482 e. The van der Waals surface area contributed by atoms with Crippen molar-refractivity contribution in [2.75, 3.05) is 52.4 Å². The van der Waals surface area contributed by atoms with Gasteiger partial charge in [0.2, 0.25) is 5.91 Å². The molecule has 0 atom stereocenters. The van der Waals surface area contributed by atoms with Gasteiger partial charge < -0.3 is 14.5 Å². The average molecular weight is 356 g/mol. The van der Waals surface area contributed by atoms with Crippen molar-refractivity contribution < 1.29 is 14.3 Å². The second kappa shape index (κ2) is 8.68. The molecule has 0 unspecified atom stereocenters. The molecule has 3 rings (SSSR count). The van der Waals surface area contributed by atoms with Crippen LogP contribution in [0.1, 0.15) is 18.4 Å². The first-order valence-electron chi connectivity index (χ1n) is 9.07. The number of para-hydroxylation sites is 1. The standard InChI is InChI=1S/C19H24N4O3/c20-13-16-5-1-2-6-17(16)26-15-19(25)23-11-9-21(10-12-23)14-18(24)22-7-3-4-8-22/h1-2,5-6H,3-4,7-12,14-15H2. The number of piperazine rings is 1. The predicted octanol–water partition coefficient (Wildman–Crippen LogP) is 0.704. The maximum atomic E-state index is 12.3. The summed E-state index contributed by atoms with van der Waals surface area (Å²) < 4.78 is 5.51. The van der Waals surface area contributed by atoms with Crippen molar-refractivity contribution in [2.45, 2.75) is 12.8 Å². The molecule has 138 valence electrons. The first-order valence-corrected chi connectivity index (χ1v) is 9.07. The van der Waals surface area contributed by atoms with Crippen molar-refractivity contribution in [1.82, 2.24) is 14.7 Å². The van der Waals surface area contributed by atoms with Crippen LogP contribution in [0.4, 0.5) is 0 Å². The van der Waals surface area contributed by atoms with Crippen LogP contribution in [-0.2, 0) is 9.59 Å². The molecule has 0 radical (unpaired) electrons. The first-order chi connectivity index (χ1) is 12.7. The van der Waals surface area contributed by atoms with Gasteiger partial charge in [0.25, 0.3) is 5.91 Å². The van der Waals surface area contributed by atoms with Crippen LogP contribution in [-0.4, -0.2) is 78.9 Å². The normalized spacial score (nSPS) is 17.8. The topological polar surface area (TPSA) is 76.9 Å². The lowest BCUT2D eigenvalue weighted by atomic mass is 10.2. The van der Waals surface area contributed by atoms with Crippen molar-refractivity contribution in [3.8, 4) is 11.8 Å². The Balaban J connectivity index is 1.42. The highest BCUT2D eigenvalue weighted by Gasteiger charge is 2.25. The number of nitriles is 1. The highest BCUT2D eigenvalue weighted by Crippen LogP contribution is 2.16. The minimum absolute atomic E-state index is 0.0780. The number of carbonyl (C=O) groups excluding carboxylic acids is 2. The maximum absolute atomic E-state index is 12.3. The quantitative estimate of drug-likeness (QED) is 0.776. The molecular weight excluding hydrogens is 332 g/mol. The van der Waals surface area contributed by atoms with Crippen LogP contribution >= 0.6 is 0 Å². The van der Waals surface area contributed by atoms with E-state index in [1.165, 1.54) is 0 Å². The van der Waals surface area contributed by atoms with Gasteiger partial charge in [-0.15, -0.1) is 0 Å². The molecule has 1 aromatic rings. The minimum atomic E-state index is -0.0942. The van der Waals surface area contributed by atoms with Gasteiger partial charge in [-0.1, -0.05) is 12.1 Å². The fourth-order valence-corrected chi connectivity index (χ4v) is 3.33. The molecule has 2 amide bonds. The Morgan fingerprint density at radius 1 is 0.962 bits per heavy atom. The minimum Gasteiger partial charge on any atom is -0.482 e. The van der Waals surface area contributed by atoms with Crippen LogP contribution in [0, 0.1) is 11.3 Å². The summed E-state index contributed by atoms with van der Waals surface area (Å²) in [5, 5.41) is 9.05. The Morgan fingerprint density at radius 3 is 2.31 bits per heavy atom. The summed E-state index contributed by atoms with van der Waals surface area (Å²) in [5.74, 6) is 0.528. The molecule has 0 saturated carbocycles. The van der Waals surface area contributed by atoms with E-state index in [-0.39, 0.29) is 18.4 Å². The number of rotatable bonds is 5. The van der Waals surface area contributed by atoms with Crippen LogP contribution in [0.3, 0.4) is 0 Å². The van der Waals surface area contributed by atoms with Crippen LogP contribution < -0.4 is 4.74 Å². The predicted molar refractivity (Wildman–Crippen MR) is 95.5 cm³/mol. The Labute approximate surface area is 153 Å². The van der Waals surface area contributed by atoms with Crippen molar-refractivity contribution in [2.24, 2.45) is 0 Å². The van der Waals surface area contributed by atoms with E-state index < -0.39 is 0 Å². The molecule has 2 aliphatic rings. The molecule has 7 nitrogen and oxygen atoms in total. The molecule has 2 fully saturated rings. The summed E-state index contributed by atoms with van der Waals surface area (Å²) in [5.41, 5.74) is 0.422. The van der Waals surface area contributed by atoms with Crippen LogP contribution in [0.15, 0.2) is 24.3 Å². The first kappa shape index (κ1) is 18.2. The molecule has 1 aromatic carbocycles. The maximum Gasteiger partial charge on any atom is 0.260 e. The van der Waals surface area contributed by atoms with Gasteiger partial charge in [-0.3, -0.25) is 14.5 Å². The van der Waals surface area contributed by atoms with Crippen molar-refractivity contribution in [3.63, 3.8) is 0 Å². The van der Waals surface area contributed by atoms with Crippen molar-refractivity contribution in [1.29, 1.82) is 5.26 Å². The van der Waals surface area contributed by atoms with E-state index in [4.69, 9.17) is 10.00 Å². The number of ether oxygens (including phenoxy) is 1. The monoisotopic (exact) mass is 356 g/mol. The Kier molecular flexibility index (Phi) is 6.08. The third-order valence-electron chi connectivity index (χ3n) is 4.90. The number of likely N-dealkylation sites (tertiary alicyclic amines) is 1. The third-order valence-corrected chi connectivity index (χ3v) is 4.90. The summed E-state index contributed by atoms with van der Waals surface area (Å²) in [4.78, 5) is 30.3. The zero-order valence-electron chi connectivity index (χ0n) is 14.9. The van der Waals surface area contributed by atoms with Gasteiger partial charge in [0.05, 0.1) is 12.1 Å². The van der Waals surface area contributed by atoms with E-state index in [2.05, 4.69) is 11.0 Å². The van der Waals surface area contributed by atoms with Crippen LogP contribution in [0.5, 0.6) is 5.75 Å². The fraction of sp³-hybridized carbons (Fsp3) is 0.526. The summed E-state index contributed by atoms with van der Waals surface area (Å²) >= 11 is 0. The third kappa shape index (κ3) is 4.52. The van der Waals surface area contributed by atoms with E-state index in [0.717, 1.165) is 25.9 Å². The summed E-state index contributed by atoms with van der Waals surface area (Å²) in [6, 6.07) is 8.94. The number of hydrogen-bond acceptors (Lipinski definition) is 5. The highest BCUT2D eigenvalue weighted by atomic mass is 16.5. The molecule has 7 heteroatoms. The van der Waals surface area contributed by atoms with E-state index in [9.17, 15) is 9.59 Å². The van der Waals surface area contributed by atoms with E-state index in [0.29, 0.717) is 44.0 Å². The van der Waals surface area contributed by atoms with Gasteiger partial charge in [0, 0.05) is 39.3 Å². The van der Waals surface area contributed by atoms with Crippen molar-refractivity contribution in [3.05, 3.63) is 29.8 Å². The Bertz CT molecular complexity index is 686. The van der Waals surface area contributed by atoms with E-state index in [1.807, 2.05) is 4.90 Å². The van der Waals surface area contributed by atoms with Crippen LogP contribution in [0.25, 0.3) is 0 Å². The van der Waals surface area contributed by atoms with Gasteiger partial charge >= 0.3 is 0 Å². The molecule has 2 aliphatic heterocycles. The molecule has 2 saturated heterocycles. The molecule has 0 bridgehead atoms. The van der Waals surface area contributed by atoms with E-state index in [1.54, 1.807) is 29.2 Å². The van der Waals surface area contributed by atoms with Gasteiger partial charge in [-0.2, -0.15) is 5.26 Å². The van der Waals surface area contributed by atoms with Gasteiger partial charge in [-0.25, -0.2) is 0 Å². The lowest BCUT2D eigenvalue weighted by Crippen LogP contribution is -2.52. The lowest BCUT2D eigenvalue weighted by Gasteiger charge is -2.35. The molecule has 0 aliphatic carbocycles. The molecule has 26 heavy (non-hydrogen) atoms. The van der Waals surface area contributed by atoms with Crippen LogP contribution in [0.2, 0.25) is 0 Å². The number of amides is 2. The van der Waals surface area contributed by atoms with Gasteiger partial charge in [0.1, 0.15) is 11.8 Å². The molecule has 0 spiro atoms. The van der Waals surface area contributed by atoms with Gasteiger partial charge in [0.15, 0.2) is 6.61 Å². The summed E-state index contributed by atoms with van der Waals surface area (Å²) in [6.07, 6.45) is 2.20. The fourth-order valence-electron chi connectivity index (χ4n) is 3.33. The molecule has 2 heterocycles. The summed E-state index contributed by atoms with van der Waals surface area (Å²) in [7, 11) is 0. The zero-order valence-corrected chi connectivity index (χ0v) is 14.9. The molecule has 0 N–H and O–H groups in total. The Hall–Kier alpha value is -2.59. The zero-order chi connectivity index (χ0) is 18.4. The van der Waals surface area contributed by atoms with Crippen molar-refractivity contribution >= 4 is 11.8 Å². The smallest absolute Gasteiger partial charge is 0.260 e. The second-order valence-corrected chi connectivity index (χ2v) is 6.64. The summed E-state index contributed by atoms with van der Waals surface area (Å²) in [6.45, 7) is 4.68. The Morgan fingerprint density at radius 2 is 1.62 bits per heavy atom. The number of nitrogens with zero attached hydrogens (tertiary/aromatic N) is 4. The number of benzene rings is 1. The number of hydrogen-bond donors (Lipinski definition) is 0. The molecule has 0 aromatic heterocycles. The second-order valence-electron chi connectivity index (χ2n) is 6.64. The highest BCUT2D eigenvalue weighted by molar-refractivity contribution is 5.79. The SMILES string of the molecule is N#Cc1ccccc1OCC(=O)N1CCN(CC(=O)N2CCCC2)CC1. The lowest BCUT2D eigenvalue weighted by molar-refractivity contribution is -0.136. The number of carbonyl (C=O) groups is 2. The average Bonchev–Trinajstić information content (AvgIpc) is 3.22. The van der Waals surface area contributed by atoms with Gasteiger partial charge in [-0.05, 0) is 25.0 Å².